The number of carbonyl (C=O) groups is 2. The number of benzene rings is 2. The van der Waals surface area contributed by atoms with Crippen LogP contribution in [0.4, 0.5) is 0 Å². The largest absolute Gasteiger partial charge is 0.462 e. The molecule has 0 spiro atoms. The van der Waals surface area contributed by atoms with Gasteiger partial charge in [0.1, 0.15) is 0 Å². The summed E-state index contributed by atoms with van der Waals surface area (Å²) in [5, 5.41) is 3.43. The normalized spacial score (nSPS) is 17.0. The molecule has 1 atom stereocenters. The molecule has 0 saturated carbocycles. The molecule has 6 nitrogen and oxygen atoms in total. The molecule has 1 N–H and O–H groups in total. The van der Waals surface area contributed by atoms with E-state index in [1.54, 1.807) is 0 Å². The fraction of sp³-hybridized carbons (Fsp3) is 0.379. The molecule has 2 aliphatic heterocycles. The van der Waals surface area contributed by atoms with E-state index in [4.69, 9.17) is 4.74 Å². The van der Waals surface area contributed by atoms with E-state index in [0.29, 0.717) is 24.3 Å². The van der Waals surface area contributed by atoms with Crippen LogP contribution in [0.5, 0.6) is 0 Å². The summed E-state index contributed by atoms with van der Waals surface area (Å²) >= 11 is 0. The molecular weight excluding hydrogens is 438 g/mol. The van der Waals surface area contributed by atoms with E-state index in [9.17, 15) is 9.59 Å². The maximum absolute atomic E-state index is 14.1. The zero-order chi connectivity index (χ0) is 24.7. The second-order valence-corrected chi connectivity index (χ2v) is 9.66. The van der Waals surface area contributed by atoms with E-state index in [-0.39, 0.29) is 17.9 Å². The van der Waals surface area contributed by atoms with Crippen LogP contribution >= 0.6 is 0 Å². The average molecular weight is 472 g/mol. The Bertz CT molecular complexity index is 1310. The molecule has 5 rings (SSSR count). The molecule has 2 aromatic carbocycles. The van der Waals surface area contributed by atoms with Gasteiger partial charge in [-0.1, -0.05) is 24.3 Å². The SMILES string of the molecule is CCOC(=O)c1cc(-c2cc3c(cc2C(=O)N2Cc4ccccc4C[C@H]2C)CNCC3)n(C)c1C. The first-order chi connectivity index (χ1) is 16.9. The molecule has 0 unspecified atom stereocenters. The zero-order valence-corrected chi connectivity index (χ0v) is 21.0. The van der Waals surface area contributed by atoms with E-state index in [1.165, 1.54) is 22.3 Å². The molecule has 0 saturated heterocycles. The molecule has 0 bridgehead atoms. The Morgan fingerprint density at radius 1 is 1.06 bits per heavy atom. The lowest BCUT2D eigenvalue weighted by molar-refractivity contribution is 0.0525. The van der Waals surface area contributed by atoms with Gasteiger partial charge in [0.25, 0.3) is 5.91 Å². The number of hydrogen-bond acceptors (Lipinski definition) is 4. The van der Waals surface area contributed by atoms with Gasteiger partial charge in [-0.3, -0.25) is 4.79 Å². The predicted molar refractivity (Wildman–Crippen MR) is 136 cm³/mol. The second kappa shape index (κ2) is 9.34. The highest BCUT2D eigenvalue weighted by Gasteiger charge is 2.31. The van der Waals surface area contributed by atoms with Gasteiger partial charge in [-0.2, -0.15) is 0 Å². The van der Waals surface area contributed by atoms with Gasteiger partial charge in [-0.15, -0.1) is 0 Å². The Kier molecular flexibility index (Phi) is 6.24. The van der Waals surface area contributed by atoms with E-state index < -0.39 is 0 Å². The molecular formula is C29H33N3O3. The van der Waals surface area contributed by atoms with Gasteiger partial charge in [0.2, 0.25) is 0 Å². The number of esters is 1. The zero-order valence-electron chi connectivity index (χ0n) is 21.0. The highest BCUT2D eigenvalue weighted by atomic mass is 16.5. The van der Waals surface area contributed by atoms with Gasteiger partial charge in [0, 0.05) is 48.7 Å². The van der Waals surface area contributed by atoms with Gasteiger partial charge in [-0.05, 0) is 80.6 Å². The number of ether oxygens (including phenoxy) is 1. The fourth-order valence-electron chi connectivity index (χ4n) is 5.40. The molecule has 0 fully saturated rings. The minimum Gasteiger partial charge on any atom is -0.462 e. The molecule has 6 heteroatoms. The van der Waals surface area contributed by atoms with Gasteiger partial charge in [0.15, 0.2) is 0 Å². The maximum Gasteiger partial charge on any atom is 0.339 e. The molecule has 0 radical (unpaired) electrons. The van der Waals surface area contributed by atoms with E-state index in [0.717, 1.165) is 42.9 Å². The van der Waals surface area contributed by atoms with Gasteiger partial charge >= 0.3 is 5.97 Å². The summed E-state index contributed by atoms with van der Waals surface area (Å²) in [5.41, 5.74) is 8.75. The first kappa shape index (κ1) is 23.4. The van der Waals surface area contributed by atoms with E-state index in [1.807, 2.05) is 42.5 Å². The van der Waals surface area contributed by atoms with Crippen molar-refractivity contribution < 1.29 is 14.3 Å². The summed E-state index contributed by atoms with van der Waals surface area (Å²) < 4.78 is 7.29. The van der Waals surface area contributed by atoms with Crippen molar-refractivity contribution in [1.29, 1.82) is 0 Å². The number of amides is 1. The van der Waals surface area contributed by atoms with Crippen LogP contribution in [0.3, 0.4) is 0 Å². The highest BCUT2D eigenvalue weighted by molar-refractivity contribution is 6.02. The number of aromatic nitrogens is 1. The minimum absolute atomic E-state index is 0.0342. The average Bonchev–Trinajstić information content (AvgIpc) is 3.16. The van der Waals surface area contributed by atoms with Crippen LogP contribution < -0.4 is 5.32 Å². The summed E-state index contributed by atoms with van der Waals surface area (Å²) in [7, 11) is 1.95. The number of carbonyl (C=O) groups excluding carboxylic acids is 2. The van der Waals surface area contributed by atoms with Crippen molar-refractivity contribution >= 4 is 11.9 Å². The van der Waals surface area contributed by atoms with Gasteiger partial charge < -0.3 is 19.5 Å². The first-order valence-corrected chi connectivity index (χ1v) is 12.5. The van der Waals surface area contributed by atoms with Crippen LogP contribution in [0.15, 0.2) is 42.5 Å². The lowest BCUT2D eigenvalue weighted by atomic mass is 9.90. The molecule has 0 aliphatic carbocycles. The molecule has 3 aromatic rings. The Labute approximate surface area is 206 Å². The highest BCUT2D eigenvalue weighted by Crippen LogP contribution is 2.34. The Morgan fingerprint density at radius 3 is 2.60 bits per heavy atom. The van der Waals surface area contributed by atoms with Gasteiger partial charge in [-0.25, -0.2) is 4.79 Å². The first-order valence-electron chi connectivity index (χ1n) is 12.5. The summed E-state index contributed by atoms with van der Waals surface area (Å²) in [5.74, 6) is -0.296. The standard InChI is InChI=1S/C29H33N3O3/c1-5-35-29(34)24-15-27(31(4)19(24)3)25-13-21-10-11-30-16-23(21)14-26(25)28(33)32-17-22-9-7-6-8-20(22)12-18(32)2/h6-9,13-15,18,30H,5,10-12,16-17H2,1-4H3/t18-/m1/s1. The third-order valence-corrected chi connectivity index (χ3v) is 7.53. The lowest BCUT2D eigenvalue weighted by Gasteiger charge is -2.35. The van der Waals surface area contributed by atoms with Crippen molar-refractivity contribution in [2.75, 3.05) is 13.2 Å². The summed E-state index contributed by atoms with van der Waals surface area (Å²) in [4.78, 5) is 28.7. The quantitative estimate of drug-likeness (QED) is 0.573. The van der Waals surface area contributed by atoms with Crippen molar-refractivity contribution in [3.05, 3.63) is 81.5 Å². The number of fused-ring (bicyclic) bond motifs is 2. The third-order valence-electron chi connectivity index (χ3n) is 7.53. The van der Waals surface area contributed by atoms with Crippen molar-refractivity contribution in [2.24, 2.45) is 7.05 Å². The topological polar surface area (TPSA) is 63.6 Å². The van der Waals surface area contributed by atoms with Crippen LogP contribution in [0.1, 0.15) is 62.5 Å². The predicted octanol–water partition coefficient (Wildman–Crippen LogP) is 4.41. The monoisotopic (exact) mass is 471 g/mol. The smallest absolute Gasteiger partial charge is 0.339 e. The third kappa shape index (κ3) is 4.16. The lowest BCUT2D eigenvalue weighted by Crippen LogP contribution is -2.43. The second-order valence-electron chi connectivity index (χ2n) is 9.66. The minimum atomic E-state index is -0.330. The number of rotatable bonds is 4. The molecule has 1 amide bonds. The summed E-state index contributed by atoms with van der Waals surface area (Å²) in [6.45, 7) is 8.46. The summed E-state index contributed by atoms with van der Waals surface area (Å²) in [6.07, 6.45) is 1.76. The van der Waals surface area contributed by atoms with Crippen molar-refractivity contribution in [1.82, 2.24) is 14.8 Å². The fourth-order valence-corrected chi connectivity index (χ4v) is 5.40. The number of nitrogens with one attached hydrogen (secondary N) is 1. The maximum atomic E-state index is 14.1. The van der Waals surface area contributed by atoms with Crippen molar-refractivity contribution in [3.63, 3.8) is 0 Å². The van der Waals surface area contributed by atoms with Crippen LogP contribution in [0, 0.1) is 6.92 Å². The van der Waals surface area contributed by atoms with E-state index >= 15 is 0 Å². The Balaban J connectivity index is 1.62. The van der Waals surface area contributed by atoms with Crippen LogP contribution in [0.25, 0.3) is 11.3 Å². The molecule has 2 aliphatic rings. The van der Waals surface area contributed by atoms with Gasteiger partial charge in [0.05, 0.1) is 12.2 Å². The number of nitrogens with zero attached hydrogens (tertiary/aromatic N) is 2. The molecule has 3 heterocycles. The van der Waals surface area contributed by atoms with Crippen molar-refractivity contribution in [2.45, 2.75) is 52.7 Å². The molecule has 1 aromatic heterocycles. The van der Waals surface area contributed by atoms with Crippen LogP contribution in [-0.4, -0.2) is 40.5 Å². The van der Waals surface area contributed by atoms with E-state index in [2.05, 4.69) is 42.6 Å². The molecule has 35 heavy (non-hydrogen) atoms. The Morgan fingerprint density at radius 2 is 1.83 bits per heavy atom. The van der Waals surface area contributed by atoms with Crippen LogP contribution in [0.2, 0.25) is 0 Å². The summed E-state index contributed by atoms with van der Waals surface area (Å²) in [6, 6.07) is 14.6. The Hall–Kier alpha value is -3.38. The van der Waals surface area contributed by atoms with Crippen molar-refractivity contribution in [3.8, 4) is 11.3 Å². The number of hydrogen-bond donors (Lipinski definition) is 1. The molecule has 182 valence electrons. The van der Waals surface area contributed by atoms with Crippen LogP contribution in [-0.2, 0) is 37.7 Å².